The molecule has 7 nitrogen and oxygen atoms in total. The maximum Gasteiger partial charge on any atom is 0.243 e. The number of rotatable bonds is 13. The maximum absolute atomic E-state index is 14.5. The van der Waals surface area contributed by atoms with E-state index in [4.69, 9.17) is 11.6 Å². The summed E-state index contributed by atoms with van der Waals surface area (Å²) in [5.41, 5.74) is 1.66. The fourth-order valence-electron chi connectivity index (χ4n) is 5.52. The third kappa shape index (κ3) is 9.53. The van der Waals surface area contributed by atoms with Gasteiger partial charge >= 0.3 is 0 Å². The van der Waals surface area contributed by atoms with Crippen LogP contribution >= 0.6 is 11.6 Å². The van der Waals surface area contributed by atoms with E-state index in [9.17, 15) is 22.4 Å². The first-order valence-electron chi connectivity index (χ1n) is 14.7. The molecule has 1 unspecified atom stereocenters. The second kappa shape index (κ2) is 15.3. The van der Waals surface area contributed by atoms with Crippen molar-refractivity contribution in [3.05, 3.63) is 101 Å². The van der Waals surface area contributed by atoms with Gasteiger partial charge in [-0.05, 0) is 54.7 Å². The zero-order chi connectivity index (χ0) is 30.8. The standard InChI is InChI=1S/C33H39ClFN3O4S/c1-43(41,42)38(30-16-9-8-15-29(30)35)22-10-17-32(39)37(24-26-18-20-27(34)21-19-26)31(23-25-11-4-2-5-12-25)33(40)36-28-13-6-3-7-14-28/h2,4-5,8-9,11-12,15-16,18-21,28,31H,3,6-7,10,13-14,17,22-24H2,1H3,(H,36,40). The summed E-state index contributed by atoms with van der Waals surface area (Å²) in [7, 11) is -3.81. The van der Waals surface area contributed by atoms with Gasteiger partial charge in [-0.3, -0.25) is 13.9 Å². The molecule has 0 heterocycles. The van der Waals surface area contributed by atoms with Crippen molar-refractivity contribution in [2.24, 2.45) is 0 Å². The Labute approximate surface area is 259 Å². The van der Waals surface area contributed by atoms with Gasteiger partial charge in [-0.15, -0.1) is 0 Å². The van der Waals surface area contributed by atoms with E-state index >= 15 is 0 Å². The average molecular weight is 628 g/mol. The van der Waals surface area contributed by atoms with Crippen LogP contribution in [0.2, 0.25) is 5.02 Å². The van der Waals surface area contributed by atoms with E-state index in [1.807, 2.05) is 42.5 Å². The molecule has 1 N–H and O–H groups in total. The van der Waals surface area contributed by atoms with Gasteiger partial charge in [-0.1, -0.05) is 85.5 Å². The lowest BCUT2D eigenvalue weighted by atomic mass is 9.94. The van der Waals surface area contributed by atoms with Gasteiger partial charge in [0.25, 0.3) is 0 Å². The third-order valence-electron chi connectivity index (χ3n) is 7.76. The Balaban J connectivity index is 1.59. The van der Waals surface area contributed by atoms with Crippen LogP contribution in [0, 0.1) is 5.82 Å². The second-order valence-electron chi connectivity index (χ2n) is 11.1. The highest BCUT2D eigenvalue weighted by Crippen LogP contribution is 2.24. The first kappa shape index (κ1) is 32.5. The van der Waals surface area contributed by atoms with Gasteiger partial charge in [0, 0.05) is 37.0 Å². The van der Waals surface area contributed by atoms with Crippen molar-refractivity contribution in [3.8, 4) is 0 Å². The fourth-order valence-corrected chi connectivity index (χ4v) is 6.61. The predicted molar refractivity (Wildman–Crippen MR) is 169 cm³/mol. The van der Waals surface area contributed by atoms with Crippen LogP contribution in [0.15, 0.2) is 78.9 Å². The van der Waals surface area contributed by atoms with Gasteiger partial charge < -0.3 is 10.2 Å². The first-order chi connectivity index (χ1) is 20.6. The van der Waals surface area contributed by atoms with Crippen molar-refractivity contribution in [3.63, 3.8) is 0 Å². The number of nitrogens with zero attached hydrogens (tertiary/aromatic N) is 2. The molecule has 3 aromatic rings. The summed E-state index contributed by atoms with van der Waals surface area (Å²) in [6.07, 6.45) is 6.52. The molecule has 4 rings (SSSR count). The van der Waals surface area contributed by atoms with Crippen molar-refractivity contribution >= 4 is 39.1 Å². The summed E-state index contributed by atoms with van der Waals surface area (Å²) in [6.45, 7) is 0.0899. The summed E-state index contributed by atoms with van der Waals surface area (Å²) in [5, 5.41) is 3.77. The lowest BCUT2D eigenvalue weighted by molar-refractivity contribution is -0.141. The molecular formula is C33H39ClFN3O4S. The van der Waals surface area contributed by atoms with Crippen LogP contribution in [0.3, 0.4) is 0 Å². The van der Waals surface area contributed by atoms with E-state index in [1.54, 1.807) is 23.1 Å². The molecule has 1 aliphatic rings. The average Bonchev–Trinajstić information content (AvgIpc) is 2.99. The third-order valence-corrected chi connectivity index (χ3v) is 9.19. The van der Waals surface area contributed by atoms with Crippen LogP contribution in [-0.2, 0) is 32.6 Å². The molecule has 1 fully saturated rings. The van der Waals surface area contributed by atoms with Crippen molar-refractivity contribution in [1.82, 2.24) is 10.2 Å². The van der Waals surface area contributed by atoms with Crippen molar-refractivity contribution in [2.75, 3.05) is 17.1 Å². The molecular weight excluding hydrogens is 589 g/mol. The molecule has 43 heavy (non-hydrogen) atoms. The van der Waals surface area contributed by atoms with Gasteiger partial charge in [0.2, 0.25) is 21.8 Å². The highest BCUT2D eigenvalue weighted by Gasteiger charge is 2.32. The number of carbonyl (C=O) groups excluding carboxylic acids is 2. The molecule has 0 spiro atoms. The zero-order valence-electron chi connectivity index (χ0n) is 24.4. The molecule has 0 saturated heterocycles. The van der Waals surface area contributed by atoms with Crippen LogP contribution in [0.5, 0.6) is 0 Å². The minimum atomic E-state index is -3.81. The molecule has 0 bridgehead atoms. The van der Waals surface area contributed by atoms with Crippen LogP contribution < -0.4 is 9.62 Å². The Bertz CT molecular complexity index is 1460. The van der Waals surface area contributed by atoms with Gasteiger partial charge in [0.1, 0.15) is 11.9 Å². The number of nitrogens with one attached hydrogen (secondary N) is 1. The highest BCUT2D eigenvalue weighted by atomic mass is 35.5. The van der Waals surface area contributed by atoms with E-state index in [1.165, 1.54) is 18.2 Å². The zero-order valence-corrected chi connectivity index (χ0v) is 26.0. The minimum absolute atomic E-state index is 0.0317. The SMILES string of the molecule is CS(=O)(=O)N(CCCC(=O)N(Cc1ccc(Cl)cc1)C(Cc1ccccc1)C(=O)NC1CCCCC1)c1ccccc1F. The molecule has 10 heteroatoms. The quantitative estimate of drug-likeness (QED) is 0.248. The number of para-hydroxylation sites is 1. The Morgan fingerprint density at radius 3 is 2.23 bits per heavy atom. The predicted octanol–water partition coefficient (Wildman–Crippen LogP) is 6.11. The van der Waals surface area contributed by atoms with Crippen LogP contribution in [0.25, 0.3) is 0 Å². The monoisotopic (exact) mass is 627 g/mol. The van der Waals surface area contributed by atoms with Crippen molar-refractivity contribution in [1.29, 1.82) is 0 Å². The molecule has 0 aromatic heterocycles. The Morgan fingerprint density at radius 1 is 0.930 bits per heavy atom. The summed E-state index contributed by atoms with van der Waals surface area (Å²) < 4.78 is 40.6. The summed E-state index contributed by atoms with van der Waals surface area (Å²) in [5.74, 6) is -1.16. The minimum Gasteiger partial charge on any atom is -0.352 e. The van der Waals surface area contributed by atoms with E-state index in [0.717, 1.165) is 53.8 Å². The molecule has 3 aromatic carbocycles. The van der Waals surface area contributed by atoms with E-state index < -0.39 is 21.9 Å². The maximum atomic E-state index is 14.5. The Morgan fingerprint density at radius 2 is 1.58 bits per heavy atom. The van der Waals surface area contributed by atoms with Gasteiger partial charge in [-0.2, -0.15) is 0 Å². The number of sulfonamides is 1. The number of hydrogen-bond acceptors (Lipinski definition) is 4. The summed E-state index contributed by atoms with van der Waals surface area (Å²) in [6, 6.07) is 21.6. The Hall–Kier alpha value is -3.43. The topological polar surface area (TPSA) is 86.8 Å². The van der Waals surface area contributed by atoms with Gasteiger partial charge in [-0.25, -0.2) is 12.8 Å². The normalized spacial score (nSPS) is 14.6. The molecule has 2 amide bonds. The van der Waals surface area contributed by atoms with E-state index in [2.05, 4.69) is 5.32 Å². The van der Waals surface area contributed by atoms with Gasteiger partial charge in [0.15, 0.2) is 0 Å². The number of halogens is 2. The highest BCUT2D eigenvalue weighted by molar-refractivity contribution is 7.92. The number of hydrogen-bond donors (Lipinski definition) is 1. The first-order valence-corrected chi connectivity index (χ1v) is 16.9. The lowest BCUT2D eigenvalue weighted by Gasteiger charge is -2.34. The smallest absolute Gasteiger partial charge is 0.243 e. The van der Waals surface area contributed by atoms with E-state index in [0.29, 0.717) is 11.4 Å². The van der Waals surface area contributed by atoms with Crippen molar-refractivity contribution < 1.29 is 22.4 Å². The lowest BCUT2D eigenvalue weighted by Crippen LogP contribution is -2.52. The molecule has 1 atom stereocenters. The number of carbonyl (C=O) groups is 2. The largest absolute Gasteiger partial charge is 0.352 e. The second-order valence-corrected chi connectivity index (χ2v) is 13.4. The number of amides is 2. The molecule has 0 radical (unpaired) electrons. The molecule has 0 aliphatic heterocycles. The molecule has 1 saturated carbocycles. The van der Waals surface area contributed by atoms with Crippen molar-refractivity contribution in [2.45, 2.75) is 70.0 Å². The number of benzene rings is 3. The fraction of sp³-hybridized carbons (Fsp3) is 0.394. The van der Waals surface area contributed by atoms with Crippen LogP contribution in [0.4, 0.5) is 10.1 Å². The van der Waals surface area contributed by atoms with Crippen LogP contribution in [-0.4, -0.2) is 50.0 Å². The van der Waals surface area contributed by atoms with Crippen LogP contribution in [0.1, 0.15) is 56.1 Å². The van der Waals surface area contributed by atoms with Gasteiger partial charge in [0.05, 0.1) is 11.9 Å². The van der Waals surface area contributed by atoms with E-state index in [-0.39, 0.29) is 49.5 Å². The molecule has 1 aliphatic carbocycles. The summed E-state index contributed by atoms with van der Waals surface area (Å²) >= 11 is 6.11. The summed E-state index contributed by atoms with van der Waals surface area (Å²) in [4.78, 5) is 29.4. The molecule has 230 valence electrons. The number of anilines is 1. The Kier molecular flexibility index (Phi) is 11.6.